The van der Waals surface area contributed by atoms with Gasteiger partial charge in [-0.2, -0.15) is 5.10 Å². The molecule has 0 saturated heterocycles. The summed E-state index contributed by atoms with van der Waals surface area (Å²) < 4.78 is 10.8. The summed E-state index contributed by atoms with van der Waals surface area (Å²) in [6.45, 7) is 3.88. The molecule has 0 bridgehead atoms. The molecule has 7 heteroatoms. The molecule has 0 aliphatic rings. The highest BCUT2D eigenvalue weighted by atomic mass is 35.5. The number of halogens is 1. The summed E-state index contributed by atoms with van der Waals surface area (Å²) in [5.41, 5.74) is 3.08. The van der Waals surface area contributed by atoms with Crippen molar-refractivity contribution in [1.82, 2.24) is 5.43 Å². The molecule has 132 valence electrons. The van der Waals surface area contributed by atoms with Crippen LogP contribution in [0.3, 0.4) is 0 Å². The van der Waals surface area contributed by atoms with E-state index in [1.165, 1.54) is 12.3 Å². The fourth-order valence-corrected chi connectivity index (χ4v) is 2.04. The number of benzene rings is 2. The first-order chi connectivity index (χ1) is 12.0. The summed E-state index contributed by atoms with van der Waals surface area (Å²) in [4.78, 5) is 12.0. The Bertz CT molecular complexity index is 747. The summed E-state index contributed by atoms with van der Waals surface area (Å²) in [7, 11) is 0. The van der Waals surface area contributed by atoms with Crippen LogP contribution in [0.1, 0.15) is 19.4 Å². The first-order valence-corrected chi connectivity index (χ1v) is 8.08. The van der Waals surface area contributed by atoms with Crippen molar-refractivity contribution in [1.29, 1.82) is 0 Å². The van der Waals surface area contributed by atoms with Crippen molar-refractivity contribution in [2.45, 2.75) is 20.0 Å². The number of ether oxygens (including phenoxy) is 2. The predicted octanol–water partition coefficient (Wildman–Crippen LogP) is 3.36. The number of aromatic hydroxyl groups is 1. The number of phenols is 1. The van der Waals surface area contributed by atoms with E-state index in [4.69, 9.17) is 21.1 Å². The van der Waals surface area contributed by atoms with Crippen LogP contribution in [0, 0.1) is 0 Å². The molecule has 0 unspecified atom stereocenters. The van der Waals surface area contributed by atoms with Gasteiger partial charge in [-0.25, -0.2) is 5.43 Å². The number of carbonyl (C=O) groups excluding carboxylic acids is 1. The van der Waals surface area contributed by atoms with Crippen molar-refractivity contribution in [2.24, 2.45) is 5.10 Å². The molecule has 1 atom stereocenters. The SMILES string of the molecule is CCOc1cc(/C=N\NC(=O)[C@@H](C)Oc2ccc(Cl)cc2)ccc1O. The Morgan fingerprint density at radius 2 is 2.04 bits per heavy atom. The Hall–Kier alpha value is -2.73. The molecule has 0 aromatic heterocycles. The third-order valence-corrected chi connectivity index (χ3v) is 3.42. The van der Waals surface area contributed by atoms with Crippen LogP contribution >= 0.6 is 11.6 Å². The molecular formula is C18H19ClN2O4. The maximum Gasteiger partial charge on any atom is 0.280 e. The van der Waals surface area contributed by atoms with Crippen molar-refractivity contribution >= 4 is 23.7 Å². The molecular weight excluding hydrogens is 344 g/mol. The number of hydrogen-bond donors (Lipinski definition) is 2. The minimum atomic E-state index is -0.725. The Labute approximate surface area is 151 Å². The summed E-state index contributed by atoms with van der Waals surface area (Å²) in [5.74, 6) is 0.552. The Balaban J connectivity index is 1.91. The molecule has 2 aromatic carbocycles. The van der Waals surface area contributed by atoms with Gasteiger partial charge in [-0.15, -0.1) is 0 Å². The number of phenolic OH excluding ortho intramolecular Hbond substituents is 1. The van der Waals surface area contributed by atoms with Crippen molar-refractivity contribution in [2.75, 3.05) is 6.61 Å². The van der Waals surface area contributed by atoms with Gasteiger partial charge in [0.15, 0.2) is 17.6 Å². The normalized spacial score (nSPS) is 12.0. The van der Waals surface area contributed by atoms with Gasteiger partial charge >= 0.3 is 0 Å². The predicted molar refractivity (Wildman–Crippen MR) is 96.6 cm³/mol. The van der Waals surface area contributed by atoms with E-state index in [-0.39, 0.29) is 5.75 Å². The topological polar surface area (TPSA) is 80.2 Å². The molecule has 0 heterocycles. The van der Waals surface area contributed by atoms with E-state index >= 15 is 0 Å². The van der Waals surface area contributed by atoms with E-state index in [9.17, 15) is 9.90 Å². The van der Waals surface area contributed by atoms with Crippen molar-refractivity contribution in [3.63, 3.8) is 0 Å². The average molecular weight is 363 g/mol. The van der Waals surface area contributed by atoms with Crippen LogP contribution in [-0.2, 0) is 4.79 Å². The molecule has 2 N–H and O–H groups in total. The van der Waals surface area contributed by atoms with E-state index in [1.807, 2.05) is 6.92 Å². The van der Waals surface area contributed by atoms with E-state index in [0.29, 0.717) is 28.7 Å². The maximum atomic E-state index is 12.0. The van der Waals surface area contributed by atoms with E-state index in [2.05, 4.69) is 10.5 Å². The zero-order valence-electron chi connectivity index (χ0n) is 13.9. The van der Waals surface area contributed by atoms with Gasteiger partial charge in [0.1, 0.15) is 5.75 Å². The van der Waals surface area contributed by atoms with E-state index in [1.54, 1.807) is 43.3 Å². The fourth-order valence-electron chi connectivity index (χ4n) is 1.91. The first kappa shape index (κ1) is 18.6. The average Bonchev–Trinajstić information content (AvgIpc) is 2.59. The molecule has 0 aliphatic heterocycles. The van der Waals surface area contributed by atoms with Crippen molar-refractivity contribution < 1.29 is 19.4 Å². The monoisotopic (exact) mass is 362 g/mol. The number of nitrogens with zero attached hydrogens (tertiary/aromatic N) is 1. The van der Waals surface area contributed by atoms with Crippen LogP contribution in [0.25, 0.3) is 0 Å². The second-order valence-corrected chi connectivity index (χ2v) is 5.54. The largest absolute Gasteiger partial charge is 0.504 e. The third-order valence-electron chi connectivity index (χ3n) is 3.17. The van der Waals surface area contributed by atoms with Crippen molar-refractivity contribution in [3.05, 3.63) is 53.1 Å². The summed E-state index contributed by atoms with van der Waals surface area (Å²) >= 11 is 5.80. The Kier molecular flexibility index (Phi) is 6.65. The lowest BCUT2D eigenvalue weighted by atomic mass is 10.2. The van der Waals surface area contributed by atoms with E-state index < -0.39 is 12.0 Å². The molecule has 0 spiro atoms. The minimum absolute atomic E-state index is 0.0491. The minimum Gasteiger partial charge on any atom is -0.504 e. The highest BCUT2D eigenvalue weighted by Gasteiger charge is 2.13. The highest BCUT2D eigenvalue weighted by molar-refractivity contribution is 6.30. The second kappa shape index (κ2) is 8.94. The van der Waals surface area contributed by atoms with E-state index in [0.717, 1.165) is 0 Å². The smallest absolute Gasteiger partial charge is 0.280 e. The first-order valence-electron chi connectivity index (χ1n) is 7.70. The fraction of sp³-hybridized carbons (Fsp3) is 0.222. The van der Waals surface area contributed by atoms with Gasteiger partial charge in [0.2, 0.25) is 0 Å². The summed E-state index contributed by atoms with van der Waals surface area (Å²) in [5, 5.41) is 14.1. The number of hydrogen-bond acceptors (Lipinski definition) is 5. The third kappa shape index (κ3) is 5.69. The molecule has 25 heavy (non-hydrogen) atoms. The number of carbonyl (C=O) groups is 1. The van der Waals surface area contributed by atoms with Gasteiger partial charge in [-0.1, -0.05) is 11.6 Å². The number of hydrazone groups is 1. The van der Waals surface area contributed by atoms with Gasteiger partial charge in [-0.3, -0.25) is 4.79 Å². The standard InChI is InChI=1S/C18H19ClN2O4/c1-3-24-17-10-13(4-9-16(17)22)11-20-21-18(23)12(2)25-15-7-5-14(19)6-8-15/h4-12,22H,3H2,1-2H3,(H,21,23)/b20-11-/t12-/m1/s1. The lowest BCUT2D eigenvalue weighted by Crippen LogP contribution is -2.33. The van der Waals surface area contributed by atoms with Crippen molar-refractivity contribution in [3.8, 4) is 17.2 Å². The van der Waals surface area contributed by atoms with Crippen LogP contribution in [-0.4, -0.2) is 29.9 Å². The van der Waals surface area contributed by atoms with Gasteiger partial charge in [0, 0.05) is 5.02 Å². The lowest BCUT2D eigenvalue weighted by molar-refractivity contribution is -0.127. The second-order valence-electron chi connectivity index (χ2n) is 5.11. The quantitative estimate of drug-likeness (QED) is 0.584. The Morgan fingerprint density at radius 3 is 2.72 bits per heavy atom. The zero-order valence-corrected chi connectivity index (χ0v) is 14.7. The Morgan fingerprint density at radius 1 is 1.32 bits per heavy atom. The van der Waals surface area contributed by atoms with Crippen LogP contribution in [0.15, 0.2) is 47.6 Å². The highest BCUT2D eigenvalue weighted by Crippen LogP contribution is 2.26. The summed E-state index contributed by atoms with van der Waals surface area (Å²) in [6, 6.07) is 11.5. The number of rotatable bonds is 7. The molecule has 2 rings (SSSR count). The lowest BCUT2D eigenvalue weighted by Gasteiger charge is -2.12. The van der Waals surface area contributed by atoms with Gasteiger partial charge in [0.25, 0.3) is 5.91 Å². The van der Waals surface area contributed by atoms with Gasteiger partial charge in [0.05, 0.1) is 12.8 Å². The molecule has 0 fully saturated rings. The van der Waals surface area contributed by atoms with Crippen LogP contribution in [0.5, 0.6) is 17.2 Å². The molecule has 6 nitrogen and oxygen atoms in total. The number of nitrogens with one attached hydrogen (secondary N) is 1. The zero-order chi connectivity index (χ0) is 18.2. The molecule has 0 aliphatic carbocycles. The maximum absolute atomic E-state index is 12.0. The van der Waals surface area contributed by atoms with Crippen LogP contribution in [0.2, 0.25) is 5.02 Å². The number of amides is 1. The summed E-state index contributed by atoms with van der Waals surface area (Å²) in [6.07, 6.45) is 0.728. The van der Waals surface area contributed by atoms with Gasteiger partial charge in [-0.05, 0) is 61.9 Å². The molecule has 1 amide bonds. The molecule has 0 radical (unpaired) electrons. The molecule has 2 aromatic rings. The molecule has 0 saturated carbocycles. The van der Waals surface area contributed by atoms with Crippen LogP contribution in [0.4, 0.5) is 0 Å². The van der Waals surface area contributed by atoms with Gasteiger partial charge < -0.3 is 14.6 Å². The van der Waals surface area contributed by atoms with Crippen LogP contribution < -0.4 is 14.9 Å².